The van der Waals surface area contributed by atoms with Crippen LogP contribution in [0.5, 0.6) is 5.75 Å². The van der Waals surface area contributed by atoms with Gasteiger partial charge in [-0.2, -0.15) is 13.2 Å². The van der Waals surface area contributed by atoms with Gasteiger partial charge in [0.05, 0.1) is 17.9 Å². The third kappa shape index (κ3) is 7.40. The van der Waals surface area contributed by atoms with E-state index in [-0.39, 0.29) is 29.9 Å². The number of nitrogens with one attached hydrogen (secondary N) is 2. The molecule has 3 amide bonds. The average Bonchev–Trinajstić information content (AvgIpc) is 2.68. The second-order valence-corrected chi connectivity index (χ2v) is 7.25. The topological polar surface area (TPSA) is 96.7 Å². The lowest BCUT2D eigenvalue weighted by Crippen LogP contribution is -2.39. The van der Waals surface area contributed by atoms with Gasteiger partial charge in [0.1, 0.15) is 5.75 Å². The summed E-state index contributed by atoms with van der Waals surface area (Å²) in [7, 11) is 0. The van der Waals surface area contributed by atoms with Crippen LogP contribution in [-0.4, -0.2) is 49.6 Å². The SMILES string of the molecule is CCOc1ccc(C(F)(F)F)cc1NC(=O)NCCCCN1CCC(C(N)=O)CC1. The highest BCUT2D eigenvalue weighted by atomic mass is 19.4. The summed E-state index contributed by atoms with van der Waals surface area (Å²) in [5, 5.41) is 5.09. The first kappa shape index (κ1) is 23.8. The fraction of sp³-hybridized carbons (Fsp3) is 0.600. The average molecular weight is 430 g/mol. The summed E-state index contributed by atoms with van der Waals surface area (Å²) in [6.45, 7) is 4.88. The number of alkyl halides is 3. The van der Waals surface area contributed by atoms with Gasteiger partial charge in [0, 0.05) is 12.5 Å². The van der Waals surface area contributed by atoms with Crippen molar-refractivity contribution in [3.63, 3.8) is 0 Å². The van der Waals surface area contributed by atoms with Gasteiger partial charge in [-0.05, 0) is 70.4 Å². The van der Waals surface area contributed by atoms with Gasteiger partial charge in [-0.3, -0.25) is 4.79 Å². The third-order valence-electron chi connectivity index (χ3n) is 5.03. The molecule has 1 heterocycles. The zero-order valence-corrected chi connectivity index (χ0v) is 17.1. The number of unbranched alkanes of at least 4 members (excludes halogenated alkanes) is 1. The molecule has 1 aliphatic rings. The predicted molar refractivity (Wildman–Crippen MR) is 107 cm³/mol. The van der Waals surface area contributed by atoms with Crippen LogP contribution >= 0.6 is 0 Å². The van der Waals surface area contributed by atoms with Crippen molar-refractivity contribution in [1.82, 2.24) is 10.2 Å². The van der Waals surface area contributed by atoms with Crippen LogP contribution in [0.3, 0.4) is 0 Å². The summed E-state index contributed by atoms with van der Waals surface area (Å²) >= 11 is 0. The summed E-state index contributed by atoms with van der Waals surface area (Å²) in [6.07, 6.45) is -1.38. The van der Waals surface area contributed by atoms with Gasteiger partial charge in [0.15, 0.2) is 0 Å². The molecule has 1 saturated heterocycles. The van der Waals surface area contributed by atoms with E-state index in [4.69, 9.17) is 10.5 Å². The van der Waals surface area contributed by atoms with Crippen molar-refractivity contribution in [3.8, 4) is 5.75 Å². The number of carbonyl (C=O) groups excluding carboxylic acids is 2. The van der Waals surface area contributed by atoms with E-state index in [0.717, 1.165) is 57.5 Å². The number of hydrogen-bond donors (Lipinski definition) is 3. The molecule has 30 heavy (non-hydrogen) atoms. The summed E-state index contributed by atoms with van der Waals surface area (Å²) < 4.78 is 44.1. The number of primary amides is 1. The number of rotatable bonds is 9. The smallest absolute Gasteiger partial charge is 0.416 e. The van der Waals surface area contributed by atoms with Crippen molar-refractivity contribution in [3.05, 3.63) is 23.8 Å². The Morgan fingerprint density at radius 2 is 1.93 bits per heavy atom. The van der Waals surface area contributed by atoms with E-state index in [1.54, 1.807) is 6.92 Å². The zero-order chi connectivity index (χ0) is 22.1. The van der Waals surface area contributed by atoms with Gasteiger partial charge in [-0.1, -0.05) is 0 Å². The number of nitrogens with zero attached hydrogens (tertiary/aromatic N) is 1. The lowest BCUT2D eigenvalue weighted by atomic mass is 9.96. The molecule has 1 aromatic rings. The first-order valence-electron chi connectivity index (χ1n) is 10.1. The molecule has 0 aliphatic carbocycles. The highest BCUT2D eigenvalue weighted by molar-refractivity contribution is 5.91. The monoisotopic (exact) mass is 430 g/mol. The maximum absolute atomic E-state index is 12.9. The van der Waals surface area contributed by atoms with E-state index < -0.39 is 17.8 Å². The maximum atomic E-state index is 12.9. The van der Waals surface area contributed by atoms with Crippen LogP contribution in [0.15, 0.2) is 18.2 Å². The van der Waals surface area contributed by atoms with E-state index >= 15 is 0 Å². The number of urea groups is 1. The minimum atomic E-state index is -4.51. The molecule has 0 atom stereocenters. The minimum Gasteiger partial charge on any atom is -0.492 e. The van der Waals surface area contributed by atoms with Crippen LogP contribution in [0.25, 0.3) is 0 Å². The van der Waals surface area contributed by atoms with Crippen LogP contribution in [-0.2, 0) is 11.0 Å². The zero-order valence-electron chi connectivity index (χ0n) is 17.1. The number of hydrogen-bond acceptors (Lipinski definition) is 4. The number of ether oxygens (including phenoxy) is 1. The Kier molecular flexibility index (Phi) is 8.76. The van der Waals surface area contributed by atoms with Gasteiger partial charge < -0.3 is 26.0 Å². The molecule has 4 N–H and O–H groups in total. The largest absolute Gasteiger partial charge is 0.492 e. The Morgan fingerprint density at radius 3 is 2.53 bits per heavy atom. The molecule has 0 bridgehead atoms. The normalized spacial score (nSPS) is 15.6. The molecule has 2 rings (SSSR count). The van der Waals surface area contributed by atoms with Gasteiger partial charge in [-0.15, -0.1) is 0 Å². The van der Waals surface area contributed by atoms with Crippen LogP contribution in [0.1, 0.15) is 38.2 Å². The molecule has 168 valence electrons. The van der Waals surface area contributed by atoms with Crippen LogP contribution in [0, 0.1) is 5.92 Å². The molecule has 0 spiro atoms. The number of piperidine rings is 1. The van der Waals surface area contributed by atoms with Crippen LogP contribution < -0.4 is 21.1 Å². The van der Waals surface area contributed by atoms with Crippen LogP contribution in [0.4, 0.5) is 23.7 Å². The molecule has 0 unspecified atom stereocenters. The number of likely N-dealkylation sites (tertiary alicyclic amines) is 1. The Labute approximate surface area is 174 Å². The number of anilines is 1. The summed E-state index contributed by atoms with van der Waals surface area (Å²) in [6, 6.07) is 2.39. The highest BCUT2D eigenvalue weighted by Crippen LogP contribution is 2.35. The van der Waals surface area contributed by atoms with Gasteiger partial charge in [0.25, 0.3) is 0 Å². The Balaban J connectivity index is 1.73. The molecular formula is C20H29F3N4O3. The van der Waals surface area contributed by atoms with Crippen molar-refractivity contribution in [2.24, 2.45) is 11.7 Å². The quantitative estimate of drug-likeness (QED) is 0.524. The predicted octanol–water partition coefficient (Wildman–Crippen LogP) is 3.20. The van der Waals surface area contributed by atoms with E-state index in [9.17, 15) is 22.8 Å². The number of amides is 3. The fourth-order valence-corrected chi connectivity index (χ4v) is 3.36. The summed E-state index contributed by atoms with van der Waals surface area (Å²) in [5.41, 5.74) is 4.44. The van der Waals surface area contributed by atoms with Gasteiger partial charge in [0.2, 0.25) is 5.91 Å². The van der Waals surface area contributed by atoms with E-state index in [1.165, 1.54) is 6.07 Å². The van der Waals surface area contributed by atoms with E-state index in [2.05, 4.69) is 15.5 Å². The summed E-state index contributed by atoms with van der Waals surface area (Å²) in [5.74, 6) is -0.0952. The third-order valence-corrected chi connectivity index (χ3v) is 5.03. The Bertz CT molecular complexity index is 720. The Hall–Kier alpha value is -2.49. The molecule has 1 fully saturated rings. The fourth-order valence-electron chi connectivity index (χ4n) is 3.36. The molecule has 1 aliphatic heterocycles. The lowest BCUT2D eigenvalue weighted by Gasteiger charge is -2.30. The molecule has 7 nitrogen and oxygen atoms in total. The van der Waals surface area contributed by atoms with Crippen molar-refractivity contribution < 1.29 is 27.5 Å². The summed E-state index contributed by atoms with van der Waals surface area (Å²) in [4.78, 5) is 25.5. The van der Waals surface area contributed by atoms with Gasteiger partial charge in [-0.25, -0.2) is 4.79 Å². The molecule has 10 heteroatoms. The first-order valence-corrected chi connectivity index (χ1v) is 10.1. The van der Waals surface area contributed by atoms with Crippen molar-refractivity contribution in [2.75, 3.05) is 38.1 Å². The molecule has 1 aromatic carbocycles. The lowest BCUT2D eigenvalue weighted by molar-refractivity contribution is -0.137. The molecular weight excluding hydrogens is 401 g/mol. The first-order chi connectivity index (χ1) is 14.2. The second-order valence-electron chi connectivity index (χ2n) is 7.25. The van der Waals surface area contributed by atoms with E-state index in [1.807, 2.05) is 0 Å². The standard InChI is InChI=1S/C20H29F3N4O3/c1-2-30-17-6-5-15(20(21,22)23)13-16(17)26-19(29)25-9-3-4-10-27-11-7-14(8-12-27)18(24)28/h5-6,13-14H,2-4,7-12H2,1H3,(H2,24,28)(H2,25,26,29). The number of nitrogens with two attached hydrogens (primary N) is 1. The number of benzene rings is 1. The minimum absolute atomic E-state index is 0.0264. The van der Waals surface area contributed by atoms with Crippen molar-refractivity contribution >= 4 is 17.6 Å². The van der Waals surface area contributed by atoms with E-state index in [0.29, 0.717) is 6.54 Å². The second kappa shape index (κ2) is 11.1. The molecule has 0 aromatic heterocycles. The molecule has 0 radical (unpaired) electrons. The Morgan fingerprint density at radius 1 is 1.23 bits per heavy atom. The number of halogens is 3. The number of carbonyl (C=O) groups is 2. The van der Waals surface area contributed by atoms with Crippen LogP contribution in [0.2, 0.25) is 0 Å². The van der Waals surface area contributed by atoms with Gasteiger partial charge >= 0.3 is 12.2 Å². The highest BCUT2D eigenvalue weighted by Gasteiger charge is 2.31. The molecule has 0 saturated carbocycles. The maximum Gasteiger partial charge on any atom is 0.416 e. The van der Waals surface area contributed by atoms with Crippen molar-refractivity contribution in [1.29, 1.82) is 0 Å². The van der Waals surface area contributed by atoms with Crippen molar-refractivity contribution in [2.45, 2.75) is 38.8 Å².